The first-order valence-corrected chi connectivity index (χ1v) is 9.57. The van der Waals surface area contributed by atoms with Gasteiger partial charge in [-0.2, -0.15) is 0 Å². The third-order valence-electron chi connectivity index (χ3n) is 5.42. The Kier molecular flexibility index (Phi) is 8.38. The summed E-state index contributed by atoms with van der Waals surface area (Å²) in [6.07, 6.45) is 3.10. The van der Waals surface area contributed by atoms with Gasteiger partial charge < -0.3 is 19.9 Å². The number of benzene rings is 1. The van der Waals surface area contributed by atoms with Crippen LogP contribution in [0.4, 0.5) is 0 Å². The first-order chi connectivity index (χ1) is 12.7. The molecule has 2 amide bonds. The van der Waals surface area contributed by atoms with Crippen molar-refractivity contribution < 1.29 is 14.3 Å². The molecule has 7 heteroatoms. The maximum absolute atomic E-state index is 12.6. The van der Waals surface area contributed by atoms with Crippen molar-refractivity contribution in [2.45, 2.75) is 25.7 Å². The van der Waals surface area contributed by atoms with Crippen molar-refractivity contribution in [1.82, 2.24) is 15.1 Å². The Morgan fingerprint density at radius 2 is 1.63 bits per heavy atom. The minimum absolute atomic E-state index is 0. The third kappa shape index (κ3) is 5.84. The van der Waals surface area contributed by atoms with Crippen LogP contribution in [0, 0.1) is 5.92 Å². The van der Waals surface area contributed by atoms with E-state index in [1.165, 1.54) is 0 Å². The zero-order valence-corrected chi connectivity index (χ0v) is 16.8. The zero-order valence-electron chi connectivity index (χ0n) is 16.0. The molecule has 2 heterocycles. The van der Waals surface area contributed by atoms with Crippen LogP contribution < -0.4 is 10.1 Å². The predicted molar refractivity (Wildman–Crippen MR) is 107 cm³/mol. The number of ether oxygens (including phenoxy) is 1. The van der Waals surface area contributed by atoms with E-state index >= 15 is 0 Å². The van der Waals surface area contributed by atoms with Crippen LogP contribution in [0.1, 0.15) is 24.8 Å². The van der Waals surface area contributed by atoms with Crippen molar-refractivity contribution in [1.29, 1.82) is 0 Å². The van der Waals surface area contributed by atoms with E-state index in [9.17, 15) is 9.59 Å². The smallest absolute Gasteiger partial charge is 0.225 e. The summed E-state index contributed by atoms with van der Waals surface area (Å²) in [7, 11) is 1.65. The van der Waals surface area contributed by atoms with E-state index in [0.29, 0.717) is 32.6 Å². The van der Waals surface area contributed by atoms with Crippen molar-refractivity contribution in [3.63, 3.8) is 0 Å². The molecule has 0 radical (unpaired) electrons. The molecule has 2 aliphatic heterocycles. The lowest BCUT2D eigenvalue weighted by Gasteiger charge is -2.37. The molecule has 0 atom stereocenters. The van der Waals surface area contributed by atoms with Gasteiger partial charge in [0.15, 0.2) is 0 Å². The highest BCUT2D eigenvalue weighted by Gasteiger charge is 2.29. The van der Waals surface area contributed by atoms with E-state index in [1.807, 2.05) is 34.1 Å². The summed E-state index contributed by atoms with van der Waals surface area (Å²) in [5, 5.41) is 3.30. The van der Waals surface area contributed by atoms with E-state index in [2.05, 4.69) is 5.32 Å². The van der Waals surface area contributed by atoms with Gasteiger partial charge in [-0.1, -0.05) is 12.1 Å². The highest BCUT2D eigenvalue weighted by Crippen LogP contribution is 2.17. The van der Waals surface area contributed by atoms with Crippen molar-refractivity contribution in [3.8, 4) is 5.75 Å². The number of hydrogen-bond acceptors (Lipinski definition) is 4. The largest absolute Gasteiger partial charge is 0.497 e. The maximum atomic E-state index is 12.6. The van der Waals surface area contributed by atoms with Crippen LogP contribution in [0.25, 0.3) is 0 Å². The van der Waals surface area contributed by atoms with Crippen molar-refractivity contribution in [2.75, 3.05) is 46.4 Å². The summed E-state index contributed by atoms with van der Waals surface area (Å²) in [5.41, 5.74) is 1.14. The van der Waals surface area contributed by atoms with Gasteiger partial charge in [-0.05, 0) is 50.0 Å². The van der Waals surface area contributed by atoms with Crippen molar-refractivity contribution in [2.24, 2.45) is 5.92 Å². The van der Waals surface area contributed by atoms with Crippen LogP contribution in [0.3, 0.4) is 0 Å². The van der Waals surface area contributed by atoms with E-state index in [-0.39, 0.29) is 30.1 Å². The second kappa shape index (κ2) is 10.5. The van der Waals surface area contributed by atoms with Crippen LogP contribution in [0.2, 0.25) is 0 Å². The van der Waals surface area contributed by atoms with Gasteiger partial charge in [-0.15, -0.1) is 12.4 Å². The van der Waals surface area contributed by atoms with Gasteiger partial charge in [0.25, 0.3) is 0 Å². The molecule has 0 bridgehead atoms. The Bertz CT molecular complexity index is 609. The molecule has 0 spiro atoms. The molecule has 3 rings (SSSR count). The van der Waals surface area contributed by atoms with Crippen LogP contribution in [0.5, 0.6) is 5.75 Å². The number of nitrogens with zero attached hydrogens (tertiary/aromatic N) is 2. The highest BCUT2D eigenvalue weighted by atomic mass is 35.5. The zero-order chi connectivity index (χ0) is 18.4. The minimum atomic E-state index is 0. The third-order valence-corrected chi connectivity index (χ3v) is 5.42. The molecule has 2 aliphatic rings. The number of piperidine rings is 1. The lowest BCUT2D eigenvalue weighted by atomic mass is 9.96. The lowest BCUT2D eigenvalue weighted by molar-refractivity contribution is -0.142. The van der Waals surface area contributed by atoms with Gasteiger partial charge in [0.2, 0.25) is 11.8 Å². The van der Waals surface area contributed by atoms with E-state index in [1.54, 1.807) is 7.11 Å². The Hall–Kier alpha value is -1.79. The molecular weight excluding hydrogens is 366 g/mol. The van der Waals surface area contributed by atoms with Crippen LogP contribution in [-0.2, 0) is 16.0 Å². The molecule has 0 aromatic heterocycles. The number of piperazine rings is 1. The average molecular weight is 396 g/mol. The Labute approximate surface area is 167 Å². The van der Waals surface area contributed by atoms with E-state index < -0.39 is 0 Å². The summed E-state index contributed by atoms with van der Waals surface area (Å²) in [6.45, 7) is 4.49. The molecular formula is C20H30ClN3O3. The number of aryl methyl sites for hydroxylation is 1. The Morgan fingerprint density at radius 3 is 2.22 bits per heavy atom. The number of nitrogens with one attached hydrogen (secondary N) is 1. The average Bonchev–Trinajstić information content (AvgIpc) is 2.72. The standard InChI is InChI=1S/C20H29N3O3.ClH/c1-26-18-5-2-16(3-6-18)4-7-19(24)22-12-14-23(15-13-22)20(25)17-8-10-21-11-9-17;/h2-3,5-6,17,21H,4,7-15H2,1H3;1H. The molecule has 0 aliphatic carbocycles. The first-order valence-electron chi connectivity index (χ1n) is 9.57. The minimum Gasteiger partial charge on any atom is -0.497 e. The lowest BCUT2D eigenvalue weighted by Crippen LogP contribution is -2.52. The van der Waals surface area contributed by atoms with Gasteiger partial charge in [-0.3, -0.25) is 9.59 Å². The normalized spacial score (nSPS) is 18.0. The SMILES string of the molecule is COc1ccc(CCC(=O)N2CCN(C(=O)C3CCNCC3)CC2)cc1.Cl. The highest BCUT2D eigenvalue weighted by molar-refractivity contribution is 5.85. The summed E-state index contributed by atoms with van der Waals surface area (Å²) in [4.78, 5) is 28.9. The fourth-order valence-electron chi connectivity index (χ4n) is 3.70. The number of hydrogen-bond donors (Lipinski definition) is 1. The number of carbonyl (C=O) groups excluding carboxylic acids is 2. The predicted octanol–water partition coefficient (Wildman–Crippen LogP) is 1.72. The van der Waals surface area contributed by atoms with Crippen LogP contribution >= 0.6 is 12.4 Å². The summed E-state index contributed by atoms with van der Waals surface area (Å²) >= 11 is 0. The summed E-state index contributed by atoms with van der Waals surface area (Å²) < 4.78 is 5.15. The van der Waals surface area contributed by atoms with Gasteiger partial charge in [0.1, 0.15) is 5.75 Å². The van der Waals surface area contributed by atoms with Crippen LogP contribution in [0.15, 0.2) is 24.3 Å². The fraction of sp³-hybridized carbons (Fsp3) is 0.600. The molecule has 6 nitrogen and oxygen atoms in total. The number of carbonyl (C=O) groups is 2. The van der Waals surface area contributed by atoms with E-state index in [4.69, 9.17) is 4.74 Å². The van der Waals surface area contributed by atoms with Crippen LogP contribution in [-0.4, -0.2) is 68.0 Å². The quantitative estimate of drug-likeness (QED) is 0.824. The summed E-state index contributed by atoms with van der Waals surface area (Å²) in [6, 6.07) is 7.85. The molecule has 1 N–H and O–H groups in total. The fourth-order valence-corrected chi connectivity index (χ4v) is 3.70. The van der Waals surface area contributed by atoms with Gasteiger partial charge >= 0.3 is 0 Å². The Morgan fingerprint density at radius 1 is 1.04 bits per heavy atom. The van der Waals surface area contributed by atoms with Gasteiger partial charge in [-0.25, -0.2) is 0 Å². The maximum Gasteiger partial charge on any atom is 0.225 e. The van der Waals surface area contributed by atoms with Gasteiger partial charge in [0, 0.05) is 38.5 Å². The molecule has 2 saturated heterocycles. The monoisotopic (exact) mass is 395 g/mol. The van der Waals surface area contributed by atoms with E-state index in [0.717, 1.165) is 43.7 Å². The molecule has 0 unspecified atom stereocenters. The molecule has 0 saturated carbocycles. The second-order valence-electron chi connectivity index (χ2n) is 7.08. The molecule has 150 valence electrons. The van der Waals surface area contributed by atoms with Crippen molar-refractivity contribution >= 4 is 24.2 Å². The van der Waals surface area contributed by atoms with Crippen molar-refractivity contribution in [3.05, 3.63) is 29.8 Å². The topological polar surface area (TPSA) is 61.9 Å². The number of halogens is 1. The number of rotatable bonds is 5. The molecule has 1 aromatic rings. The summed E-state index contributed by atoms with van der Waals surface area (Å²) in [5.74, 6) is 1.44. The molecule has 1 aromatic carbocycles. The Balaban J connectivity index is 0.00000261. The first kappa shape index (κ1) is 21.5. The number of amides is 2. The molecule has 27 heavy (non-hydrogen) atoms. The number of methoxy groups -OCH3 is 1. The second-order valence-corrected chi connectivity index (χ2v) is 7.08. The molecule has 2 fully saturated rings. The van der Waals surface area contributed by atoms with Gasteiger partial charge in [0.05, 0.1) is 7.11 Å².